The van der Waals surface area contributed by atoms with Crippen LogP contribution in [0.25, 0.3) is 0 Å². The van der Waals surface area contributed by atoms with Gasteiger partial charge >= 0.3 is 0 Å². The summed E-state index contributed by atoms with van der Waals surface area (Å²) >= 11 is 0. The van der Waals surface area contributed by atoms with Crippen molar-refractivity contribution in [1.29, 1.82) is 5.26 Å². The summed E-state index contributed by atoms with van der Waals surface area (Å²) in [5.74, 6) is -0.0785. The third-order valence-electron chi connectivity index (χ3n) is 3.10. The topological polar surface area (TPSA) is 33.0 Å². The minimum atomic E-state index is -0.0785. The molecule has 0 N–H and O–H groups in total. The summed E-state index contributed by atoms with van der Waals surface area (Å²) in [7, 11) is 1.63. The SMILES string of the molecule is COC=C1C=CC2=C(CCCC2)C1C#N. The molecular formula is C13H15NO. The van der Waals surface area contributed by atoms with Gasteiger partial charge in [0.15, 0.2) is 0 Å². The van der Waals surface area contributed by atoms with Crippen LogP contribution in [-0.4, -0.2) is 7.11 Å². The number of nitriles is 1. The van der Waals surface area contributed by atoms with Crippen LogP contribution in [0.5, 0.6) is 0 Å². The number of ether oxygens (including phenoxy) is 1. The molecule has 2 aliphatic carbocycles. The maximum absolute atomic E-state index is 9.21. The van der Waals surface area contributed by atoms with E-state index >= 15 is 0 Å². The smallest absolute Gasteiger partial charge is 0.0957 e. The van der Waals surface area contributed by atoms with Gasteiger partial charge < -0.3 is 4.74 Å². The lowest BCUT2D eigenvalue weighted by atomic mass is 9.78. The largest absolute Gasteiger partial charge is 0.504 e. The highest BCUT2D eigenvalue weighted by Gasteiger charge is 2.25. The second-order valence-electron chi connectivity index (χ2n) is 4.01. The quantitative estimate of drug-likeness (QED) is 0.611. The number of allylic oxidation sites excluding steroid dienone is 5. The van der Waals surface area contributed by atoms with Gasteiger partial charge in [0, 0.05) is 5.57 Å². The van der Waals surface area contributed by atoms with Crippen LogP contribution >= 0.6 is 0 Å². The third-order valence-corrected chi connectivity index (χ3v) is 3.10. The summed E-state index contributed by atoms with van der Waals surface area (Å²) < 4.78 is 5.01. The molecule has 0 aromatic heterocycles. The summed E-state index contributed by atoms with van der Waals surface area (Å²) in [6.45, 7) is 0. The molecule has 2 rings (SSSR count). The fraction of sp³-hybridized carbons (Fsp3) is 0.462. The average Bonchev–Trinajstić information content (AvgIpc) is 2.29. The van der Waals surface area contributed by atoms with Gasteiger partial charge in [-0.05, 0) is 36.8 Å². The van der Waals surface area contributed by atoms with Crippen molar-refractivity contribution in [1.82, 2.24) is 0 Å². The van der Waals surface area contributed by atoms with E-state index in [1.54, 1.807) is 13.4 Å². The van der Waals surface area contributed by atoms with Crippen LogP contribution < -0.4 is 0 Å². The van der Waals surface area contributed by atoms with E-state index in [2.05, 4.69) is 12.1 Å². The van der Waals surface area contributed by atoms with Gasteiger partial charge in [-0.2, -0.15) is 5.26 Å². The predicted molar refractivity (Wildman–Crippen MR) is 58.8 cm³/mol. The van der Waals surface area contributed by atoms with Gasteiger partial charge in [-0.15, -0.1) is 0 Å². The minimum absolute atomic E-state index is 0.0785. The zero-order valence-electron chi connectivity index (χ0n) is 8.99. The lowest BCUT2D eigenvalue weighted by molar-refractivity contribution is 0.332. The molecule has 1 atom stereocenters. The Bertz CT molecular complexity index is 382. The van der Waals surface area contributed by atoms with Crippen LogP contribution in [-0.2, 0) is 4.74 Å². The van der Waals surface area contributed by atoms with E-state index in [0.29, 0.717) is 0 Å². The van der Waals surface area contributed by atoms with Gasteiger partial charge in [0.1, 0.15) is 0 Å². The van der Waals surface area contributed by atoms with Crippen molar-refractivity contribution in [2.45, 2.75) is 25.7 Å². The van der Waals surface area contributed by atoms with E-state index in [4.69, 9.17) is 4.74 Å². The molecule has 0 fully saturated rings. The Labute approximate surface area is 90.5 Å². The van der Waals surface area contributed by atoms with E-state index in [0.717, 1.165) is 18.4 Å². The highest BCUT2D eigenvalue weighted by atomic mass is 16.5. The summed E-state index contributed by atoms with van der Waals surface area (Å²) in [5, 5.41) is 9.21. The van der Waals surface area contributed by atoms with E-state index in [1.165, 1.54) is 24.0 Å². The number of hydrogen-bond donors (Lipinski definition) is 0. The Morgan fingerprint density at radius 1 is 1.40 bits per heavy atom. The lowest BCUT2D eigenvalue weighted by Gasteiger charge is -2.26. The molecule has 0 saturated carbocycles. The van der Waals surface area contributed by atoms with Gasteiger partial charge in [-0.1, -0.05) is 12.2 Å². The van der Waals surface area contributed by atoms with Crippen molar-refractivity contribution in [2.24, 2.45) is 5.92 Å². The maximum Gasteiger partial charge on any atom is 0.0957 e. The number of methoxy groups -OCH3 is 1. The molecule has 0 saturated heterocycles. The molecular weight excluding hydrogens is 186 g/mol. The second-order valence-corrected chi connectivity index (χ2v) is 4.01. The highest BCUT2D eigenvalue weighted by Crippen LogP contribution is 2.37. The van der Waals surface area contributed by atoms with E-state index in [-0.39, 0.29) is 5.92 Å². The molecule has 2 heteroatoms. The van der Waals surface area contributed by atoms with Crippen LogP contribution in [0.2, 0.25) is 0 Å². The Morgan fingerprint density at radius 2 is 2.20 bits per heavy atom. The summed E-state index contributed by atoms with van der Waals surface area (Å²) in [5.41, 5.74) is 3.68. The Hall–Kier alpha value is -1.49. The van der Waals surface area contributed by atoms with Crippen LogP contribution in [0.3, 0.4) is 0 Å². The molecule has 1 unspecified atom stereocenters. The van der Waals surface area contributed by atoms with Crippen molar-refractivity contribution in [3.63, 3.8) is 0 Å². The molecule has 0 aliphatic heterocycles. The molecule has 0 spiro atoms. The van der Waals surface area contributed by atoms with Crippen molar-refractivity contribution in [3.05, 3.63) is 35.1 Å². The standard InChI is InChI=1S/C13H15NO/c1-15-9-11-7-6-10-4-2-3-5-12(10)13(11)8-14/h6-7,9,13H,2-5H2,1H3. The van der Waals surface area contributed by atoms with Gasteiger partial charge in [-0.25, -0.2) is 0 Å². The monoisotopic (exact) mass is 201 g/mol. The first-order chi connectivity index (χ1) is 7.36. The molecule has 78 valence electrons. The molecule has 0 radical (unpaired) electrons. The van der Waals surface area contributed by atoms with Crippen LogP contribution in [0.4, 0.5) is 0 Å². The van der Waals surface area contributed by atoms with Gasteiger partial charge in [0.25, 0.3) is 0 Å². The zero-order valence-corrected chi connectivity index (χ0v) is 8.99. The van der Waals surface area contributed by atoms with Crippen molar-refractivity contribution in [2.75, 3.05) is 7.11 Å². The molecule has 0 bridgehead atoms. The van der Waals surface area contributed by atoms with Gasteiger partial charge in [-0.3, -0.25) is 0 Å². The Kier molecular flexibility index (Phi) is 2.91. The van der Waals surface area contributed by atoms with Crippen molar-refractivity contribution < 1.29 is 4.74 Å². The van der Waals surface area contributed by atoms with Crippen LogP contribution in [0.1, 0.15) is 25.7 Å². The van der Waals surface area contributed by atoms with Crippen molar-refractivity contribution >= 4 is 0 Å². The first-order valence-electron chi connectivity index (χ1n) is 5.39. The Morgan fingerprint density at radius 3 is 2.93 bits per heavy atom. The number of rotatable bonds is 1. The first-order valence-corrected chi connectivity index (χ1v) is 5.39. The fourth-order valence-corrected chi connectivity index (χ4v) is 2.36. The van der Waals surface area contributed by atoms with E-state index in [1.807, 2.05) is 6.08 Å². The third kappa shape index (κ3) is 1.83. The zero-order chi connectivity index (χ0) is 10.7. The fourth-order valence-electron chi connectivity index (χ4n) is 2.36. The van der Waals surface area contributed by atoms with Crippen molar-refractivity contribution in [3.8, 4) is 6.07 Å². The molecule has 0 amide bonds. The molecule has 15 heavy (non-hydrogen) atoms. The normalized spacial score (nSPS) is 27.5. The van der Waals surface area contributed by atoms with E-state index in [9.17, 15) is 5.26 Å². The van der Waals surface area contributed by atoms with E-state index < -0.39 is 0 Å². The maximum atomic E-state index is 9.21. The van der Waals surface area contributed by atoms with Crippen LogP contribution in [0, 0.1) is 17.2 Å². The second kappa shape index (κ2) is 4.35. The Balaban J connectivity index is 2.35. The number of nitrogens with zero attached hydrogens (tertiary/aromatic N) is 1. The van der Waals surface area contributed by atoms with Gasteiger partial charge in [0.05, 0.1) is 25.4 Å². The lowest BCUT2D eigenvalue weighted by Crippen LogP contribution is -2.13. The molecule has 2 aliphatic rings. The molecule has 0 aromatic carbocycles. The number of hydrogen-bond acceptors (Lipinski definition) is 2. The average molecular weight is 201 g/mol. The summed E-state index contributed by atoms with van der Waals surface area (Å²) in [6, 6.07) is 2.38. The summed E-state index contributed by atoms with van der Waals surface area (Å²) in [6.07, 6.45) is 10.5. The van der Waals surface area contributed by atoms with Gasteiger partial charge in [0.2, 0.25) is 0 Å². The first kappa shape index (κ1) is 10.0. The molecule has 0 aromatic rings. The molecule has 0 heterocycles. The molecule has 2 nitrogen and oxygen atoms in total. The minimum Gasteiger partial charge on any atom is -0.504 e. The highest BCUT2D eigenvalue weighted by molar-refractivity contribution is 5.47. The predicted octanol–water partition coefficient (Wildman–Crippen LogP) is 3.10. The van der Waals surface area contributed by atoms with Crippen LogP contribution in [0.15, 0.2) is 35.1 Å². The summed E-state index contributed by atoms with van der Waals surface area (Å²) in [4.78, 5) is 0.